The summed E-state index contributed by atoms with van der Waals surface area (Å²) >= 11 is 0. The average molecular weight is 234 g/mol. The van der Waals surface area contributed by atoms with Crippen LogP contribution in [0.5, 0.6) is 0 Å². The number of hydrogen-bond donors (Lipinski definition) is 2. The van der Waals surface area contributed by atoms with Crippen molar-refractivity contribution in [2.45, 2.75) is 45.1 Å². The van der Waals surface area contributed by atoms with E-state index >= 15 is 0 Å². The average Bonchev–Trinajstić information content (AvgIpc) is 2.14. The summed E-state index contributed by atoms with van der Waals surface area (Å²) in [6.45, 7) is 6.72. The molecule has 0 aromatic heterocycles. The number of halogens is 2. The molecule has 0 rings (SSSR count). The lowest BCUT2D eigenvalue weighted by molar-refractivity contribution is 0.00860. The van der Waals surface area contributed by atoms with E-state index in [1.807, 2.05) is 0 Å². The first-order valence-corrected chi connectivity index (χ1v) is 5.42. The molecule has 0 spiro atoms. The lowest BCUT2D eigenvalue weighted by atomic mass is 10.1. The summed E-state index contributed by atoms with van der Waals surface area (Å²) in [5.41, 5.74) is 0. The second-order valence-electron chi connectivity index (χ2n) is 3.83. The van der Waals surface area contributed by atoms with Crippen LogP contribution in [-0.2, 0) is 0 Å². The van der Waals surface area contributed by atoms with Gasteiger partial charge in [0.2, 0.25) is 5.92 Å². The molecule has 0 aromatic rings. The summed E-state index contributed by atoms with van der Waals surface area (Å²) in [5.74, 6) is -2.69. The third-order valence-corrected chi connectivity index (χ3v) is 2.06. The highest BCUT2D eigenvalue weighted by Gasteiger charge is 2.23. The van der Waals surface area contributed by atoms with Crippen molar-refractivity contribution >= 4 is 6.03 Å². The van der Waals surface area contributed by atoms with Gasteiger partial charge >= 0.3 is 6.03 Å². The first kappa shape index (κ1) is 14.9. The zero-order valence-electron chi connectivity index (χ0n) is 9.85. The Hall–Kier alpha value is -1.13. The van der Waals surface area contributed by atoms with Crippen molar-refractivity contribution < 1.29 is 13.6 Å². The molecule has 2 N–H and O–H groups in total. The summed E-state index contributed by atoms with van der Waals surface area (Å²) in [4.78, 5) is 11.2. The molecule has 0 aliphatic carbocycles. The Labute approximate surface area is 95.3 Å². The van der Waals surface area contributed by atoms with Gasteiger partial charge in [-0.15, -0.1) is 6.58 Å². The number of carbonyl (C=O) groups excluding carboxylic acids is 1. The molecule has 94 valence electrons. The fourth-order valence-electron chi connectivity index (χ4n) is 1.27. The van der Waals surface area contributed by atoms with E-state index in [0.29, 0.717) is 13.0 Å². The van der Waals surface area contributed by atoms with Gasteiger partial charge < -0.3 is 10.6 Å². The maximum Gasteiger partial charge on any atom is 0.315 e. The van der Waals surface area contributed by atoms with Crippen LogP contribution in [0.4, 0.5) is 13.6 Å². The van der Waals surface area contributed by atoms with E-state index in [-0.39, 0.29) is 24.9 Å². The number of carbonyl (C=O) groups is 1. The summed E-state index contributed by atoms with van der Waals surface area (Å²) in [6, 6.07) is -0.608. The molecule has 3 nitrogen and oxygen atoms in total. The third kappa shape index (κ3) is 8.20. The van der Waals surface area contributed by atoms with Crippen LogP contribution in [0.2, 0.25) is 0 Å². The molecule has 0 aliphatic rings. The van der Waals surface area contributed by atoms with Gasteiger partial charge in [0, 0.05) is 19.0 Å². The maximum absolute atomic E-state index is 12.7. The normalized spacial score (nSPS) is 13.0. The molecule has 0 saturated heterocycles. The number of urea groups is 1. The summed E-state index contributed by atoms with van der Waals surface area (Å²) < 4.78 is 25.3. The summed E-state index contributed by atoms with van der Waals surface area (Å²) in [7, 11) is 0. The predicted molar refractivity (Wildman–Crippen MR) is 60.7 cm³/mol. The molecule has 2 amide bonds. The van der Waals surface area contributed by atoms with Crippen molar-refractivity contribution in [2.24, 2.45) is 0 Å². The van der Waals surface area contributed by atoms with Crippen LogP contribution in [0.15, 0.2) is 12.7 Å². The molecule has 0 aromatic carbocycles. The zero-order chi connectivity index (χ0) is 12.6. The van der Waals surface area contributed by atoms with Crippen LogP contribution >= 0.6 is 0 Å². The Kier molecular flexibility index (Phi) is 6.69. The van der Waals surface area contributed by atoms with Crippen LogP contribution in [0, 0.1) is 0 Å². The van der Waals surface area contributed by atoms with Crippen LogP contribution in [0.3, 0.4) is 0 Å². The van der Waals surface area contributed by atoms with E-state index in [1.54, 1.807) is 13.0 Å². The quantitative estimate of drug-likeness (QED) is 0.653. The molecule has 0 saturated carbocycles. The van der Waals surface area contributed by atoms with Crippen molar-refractivity contribution in [3.63, 3.8) is 0 Å². The molecule has 5 heteroatoms. The smallest absolute Gasteiger partial charge is 0.315 e. The van der Waals surface area contributed by atoms with Crippen molar-refractivity contribution in [2.75, 3.05) is 6.54 Å². The Bertz CT molecular complexity index is 227. The highest BCUT2D eigenvalue weighted by molar-refractivity contribution is 5.74. The van der Waals surface area contributed by atoms with E-state index < -0.39 is 5.92 Å². The van der Waals surface area contributed by atoms with Gasteiger partial charge in [-0.25, -0.2) is 13.6 Å². The second-order valence-corrected chi connectivity index (χ2v) is 3.83. The van der Waals surface area contributed by atoms with E-state index in [1.165, 1.54) is 0 Å². The molecular formula is C11H20F2N2O. The fraction of sp³-hybridized carbons (Fsp3) is 0.727. The monoisotopic (exact) mass is 234 g/mol. The first-order valence-electron chi connectivity index (χ1n) is 5.42. The minimum atomic E-state index is -2.69. The number of amides is 2. The van der Waals surface area contributed by atoms with Crippen molar-refractivity contribution in [3.8, 4) is 0 Å². The van der Waals surface area contributed by atoms with Crippen molar-refractivity contribution in [3.05, 3.63) is 12.7 Å². The third-order valence-electron chi connectivity index (χ3n) is 2.06. The van der Waals surface area contributed by atoms with Gasteiger partial charge in [-0.3, -0.25) is 0 Å². The van der Waals surface area contributed by atoms with E-state index in [0.717, 1.165) is 6.92 Å². The van der Waals surface area contributed by atoms with Gasteiger partial charge in [0.1, 0.15) is 0 Å². The number of hydrogen-bond acceptors (Lipinski definition) is 1. The Morgan fingerprint density at radius 1 is 1.56 bits per heavy atom. The molecule has 1 atom stereocenters. The molecule has 0 fully saturated rings. The highest BCUT2D eigenvalue weighted by Crippen LogP contribution is 2.20. The predicted octanol–water partition coefficient (Wildman–Crippen LogP) is 2.69. The highest BCUT2D eigenvalue weighted by atomic mass is 19.3. The van der Waals surface area contributed by atoms with Crippen molar-refractivity contribution in [1.29, 1.82) is 0 Å². The van der Waals surface area contributed by atoms with Gasteiger partial charge in [0.15, 0.2) is 0 Å². The molecule has 0 heterocycles. The van der Waals surface area contributed by atoms with Crippen molar-refractivity contribution in [1.82, 2.24) is 10.6 Å². The van der Waals surface area contributed by atoms with Crippen LogP contribution in [0.1, 0.15) is 33.1 Å². The second kappa shape index (κ2) is 7.19. The molecule has 0 unspecified atom stereocenters. The Balaban J connectivity index is 4.06. The number of alkyl halides is 2. The molecule has 0 aliphatic heterocycles. The lowest BCUT2D eigenvalue weighted by Gasteiger charge is -2.19. The summed E-state index contributed by atoms with van der Waals surface area (Å²) in [5, 5.41) is 5.20. The molecular weight excluding hydrogens is 214 g/mol. The zero-order valence-corrected chi connectivity index (χ0v) is 9.85. The number of rotatable bonds is 7. The first-order chi connectivity index (χ1) is 7.39. The lowest BCUT2D eigenvalue weighted by Crippen LogP contribution is -2.42. The Morgan fingerprint density at radius 3 is 2.62 bits per heavy atom. The Morgan fingerprint density at radius 2 is 2.19 bits per heavy atom. The van der Waals surface area contributed by atoms with Gasteiger partial charge in [-0.2, -0.15) is 0 Å². The fourth-order valence-corrected chi connectivity index (χ4v) is 1.27. The van der Waals surface area contributed by atoms with Gasteiger partial charge in [-0.1, -0.05) is 6.08 Å². The molecule has 16 heavy (non-hydrogen) atoms. The topological polar surface area (TPSA) is 41.1 Å². The van der Waals surface area contributed by atoms with Crippen LogP contribution < -0.4 is 10.6 Å². The van der Waals surface area contributed by atoms with Gasteiger partial charge in [0.05, 0.1) is 0 Å². The minimum absolute atomic E-state index is 0.238. The SMILES string of the molecule is C=CC[C@H](CCC(C)(F)F)NC(=O)NCC. The molecule has 0 bridgehead atoms. The van der Waals surface area contributed by atoms with E-state index in [9.17, 15) is 13.6 Å². The number of nitrogens with one attached hydrogen (secondary N) is 2. The van der Waals surface area contributed by atoms with E-state index in [4.69, 9.17) is 0 Å². The minimum Gasteiger partial charge on any atom is -0.338 e. The van der Waals surface area contributed by atoms with Crippen LogP contribution in [-0.4, -0.2) is 24.5 Å². The summed E-state index contributed by atoms with van der Waals surface area (Å²) in [6.07, 6.45) is 2.11. The standard InChI is InChI=1S/C11H20F2N2O/c1-4-6-9(7-8-11(3,12)13)15-10(16)14-5-2/h4,9H,1,5-8H2,2-3H3,(H2,14,15,16)/t9-/m1/s1. The van der Waals surface area contributed by atoms with Gasteiger partial charge in [0.25, 0.3) is 0 Å². The van der Waals surface area contributed by atoms with E-state index in [2.05, 4.69) is 17.2 Å². The largest absolute Gasteiger partial charge is 0.338 e. The molecule has 0 radical (unpaired) electrons. The maximum atomic E-state index is 12.7. The van der Waals surface area contributed by atoms with Crippen LogP contribution in [0.25, 0.3) is 0 Å². The van der Waals surface area contributed by atoms with Gasteiger partial charge in [-0.05, 0) is 26.7 Å².